The van der Waals surface area contributed by atoms with Crippen LogP contribution in [0.2, 0.25) is 0 Å². The van der Waals surface area contributed by atoms with Gasteiger partial charge in [-0.25, -0.2) is 0 Å². The third-order valence-electron chi connectivity index (χ3n) is 2.90. The fraction of sp³-hybridized carbons (Fsp3) is 0.500. The van der Waals surface area contributed by atoms with Gasteiger partial charge < -0.3 is 20.3 Å². The van der Waals surface area contributed by atoms with Crippen LogP contribution in [0.5, 0.6) is 11.5 Å². The molecule has 0 unspecified atom stereocenters. The molecule has 0 spiro atoms. The Bertz CT molecular complexity index is 348. The Morgan fingerprint density at radius 1 is 1.25 bits per heavy atom. The number of phenolic OH excluding ortho intramolecular Hbond substituents is 2. The summed E-state index contributed by atoms with van der Waals surface area (Å²) in [6, 6.07) is 5.46. The minimum atomic E-state index is -0.0636. The fourth-order valence-corrected chi connectivity index (χ4v) is 1.88. The normalized spacial score (nSPS) is 17.5. The summed E-state index contributed by atoms with van der Waals surface area (Å²) in [4.78, 5) is 0. The summed E-state index contributed by atoms with van der Waals surface area (Å²) in [6.07, 6.45) is 2.00. The highest BCUT2D eigenvalue weighted by Gasteiger charge is 2.14. The highest BCUT2D eigenvalue weighted by Crippen LogP contribution is 2.28. The summed E-state index contributed by atoms with van der Waals surface area (Å²) in [7, 11) is 0. The van der Waals surface area contributed by atoms with Crippen LogP contribution in [0.1, 0.15) is 18.4 Å². The van der Waals surface area contributed by atoms with Crippen LogP contribution in [-0.4, -0.2) is 29.5 Å². The molecule has 0 aliphatic carbocycles. The van der Waals surface area contributed by atoms with E-state index in [1.807, 2.05) is 0 Å². The molecular weight excluding hydrogens is 206 g/mol. The fourth-order valence-electron chi connectivity index (χ4n) is 1.88. The number of rotatable bonds is 3. The predicted octanol–water partition coefficient (Wildman–Crippen LogP) is 1.37. The number of nitrogens with one attached hydrogen (secondary N) is 1. The van der Waals surface area contributed by atoms with Gasteiger partial charge in [-0.15, -0.1) is 0 Å². The number of aromatic hydroxyl groups is 2. The Hall–Kier alpha value is -1.26. The number of phenols is 2. The molecule has 0 atom stereocenters. The Morgan fingerprint density at radius 3 is 2.75 bits per heavy atom. The number of ether oxygens (including phenoxy) is 1. The maximum Gasteiger partial charge on any atom is 0.161 e. The van der Waals surface area contributed by atoms with Crippen molar-refractivity contribution in [1.29, 1.82) is 0 Å². The Balaban J connectivity index is 1.91. The van der Waals surface area contributed by atoms with Gasteiger partial charge in [-0.05, 0) is 18.9 Å². The lowest BCUT2D eigenvalue weighted by molar-refractivity contribution is 0.0775. The van der Waals surface area contributed by atoms with Crippen molar-refractivity contribution in [3.05, 3.63) is 23.8 Å². The second-order valence-corrected chi connectivity index (χ2v) is 4.05. The van der Waals surface area contributed by atoms with E-state index < -0.39 is 0 Å². The van der Waals surface area contributed by atoms with Gasteiger partial charge >= 0.3 is 0 Å². The van der Waals surface area contributed by atoms with Gasteiger partial charge in [0.1, 0.15) is 0 Å². The van der Waals surface area contributed by atoms with Gasteiger partial charge in [0.25, 0.3) is 0 Å². The summed E-state index contributed by atoms with van der Waals surface area (Å²) in [5.74, 6) is -0.0895. The predicted molar refractivity (Wildman–Crippen MR) is 60.5 cm³/mol. The molecule has 1 heterocycles. The van der Waals surface area contributed by atoms with E-state index in [0.717, 1.165) is 31.6 Å². The highest BCUT2D eigenvalue weighted by molar-refractivity contribution is 5.44. The van der Waals surface area contributed by atoms with Crippen LogP contribution >= 0.6 is 0 Å². The van der Waals surface area contributed by atoms with Crippen molar-refractivity contribution in [3.63, 3.8) is 0 Å². The minimum Gasteiger partial charge on any atom is -0.504 e. The quantitative estimate of drug-likeness (QED) is 0.677. The highest BCUT2D eigenvalue weighted by atomic mass is 16.5. The van der Waals surface area contributed by atoms with Crippen molar-refractivity contribution in [3.8, 4) is 11.5 Å². The third-order valence-corrected chi connectivity index (χ3v) is 2.90. The van der Waals surface area contributed by atoms with Crippen LogP contribution < -0.4 is 5.32 Å². The molecule has 88 valence electrons. The number of para-hydroxylation sites is 1. The molecule has 1 saturated heterocycles. The van der Waals surface area contributed by atoms with Crippen molar-refractivity contribution in [1.82, 2.24) is 5.32 Å². The molecule has 0 bridgehead atoms. The second kappa shape index (κ2) is 5.18. The zero-order valence-corrected chi connectivity index (χ0v) is 9.15. The van der Waals surface area contributed by atoms with Crippen molar-refractivity contribution in [2.45, 2.75) is 25.4 Å². The van der Waals surface area contributed by atoms with Gasteiger partial charge in [-0.1, -0.05) is 12.1 Å². The van der Waals surface area contributed by atoms with E-state index >= 15 is 0 Å². The van der Waals surface area contributed by atoms with Crippen LogP contribution in [0.4, 0.5) is 0 Å². The van der Waals surface area contributed by atoms with Gasteiger partial charge in [0.15, 0.2) is 11.5 Å². The van der Waals surface area contributed by atoms with E-state index in [1.54, 1.807) is 12.1 Å². The lowest BCUT2D eigenvalue weighted by atomic mass is 10.1. The largest absolute Gasteiger partial charge is 0.504 e. The van der Waals surface area contributed by atoms with Crippen LogP contribution in [0, 0.1) is 0 Å². The molecule has 1 fully saturated rings. The standard InChI is InChI=1S/C12H17NO3/c14-11-3-1-2-9(12(11)15)8-13-10-4-6-16-7-5-10/h1-3,10,13-15H,4-8H2. The SMILES string of the molecule is Oc1cccc(CNC2CCOCC2)c1O. The lowest BCUT2D eigenvalue weighted by Gasteiger charge is -2.23. The molecule has 1 aliphatic rings. The summed E-state index contributed by atoms with van der Waals surface area (Å²) in [5, 5.41) is 22.3. The van der Waals surface area contributed by atoms with Gasteiger partial charge in [0.2, 0.25) is 0 Å². The molecule has 1 aliphatic heterocycles. The summed E-state index contributed by atoms with van der Waals surface area (Å²) < 4.78 is 5.27. The topological polar surface area (TPSA) is 61.7 Å². The first kappa shape index (κ1) is 11.2. The average Bonchev–Trinajstić information content (AvgIpc) is 2.32. The van der Waals surface area contributed by atoms with Crippen LogP contribution in [0.3, 0.4) is 0 Å². The smallest absolute Gasteiger partial charge is 0.161 e. The first-order valence-electron chi connectivity index (χ1n) is 5.58. The first-order chi connectivity index (χ1) is 7.77. The summed E-state index contributed by atoms with van der Waals surface area (Å²) >= 11 is 0. The Kier molecular flexibility index (Phi) is 3.64. The molecule has 0 aromatic heterocycles. The van der Waals surface area contributed by atoms with Crippen molar-refractivity contribution in [2.75, 3.05) is 13.2 Å². The molecule has 3 N–H and O–H groups in total. The van der Waals surface area contributed by atoms with Crippen LogP contribution in [-0.2, 0) is 11.3 Å². The second-order valence-electron chi connectivity index (χ2n) is 4.05. The van der Waals surface area contributed by atoms with Crippen molar-refractivity contribution in [2.24, 2.45) is 0 Å². The molecule has 0 radical (unpaired) electrons. The molecule has 2 rings (SSSR count). The molecule has 0 amide bonds. The van der Waals surface area contributed by atoms with Gasteiger partial charge in [-0.2, -0.15) is 0 Å². The molecule has 4 nitrogen and oxygen atoms in total. The van der Waals surface area contributed by atoms with E-state index in [9.17, 15) is 10.2 Å². The summed E-state index contributed by atoms with van der Waals surface area (Å²) in [5.41, 5.74) is 0.728. The van der Waals surface area contributed by atoms with Gasteiger partial charge in [-0.3, -0.25) is 0 Å². The number of hydrogen-bond donors (Lipinski definition) is 3. The zero-order valence-electron chi connectivity index (χ0n) is 9.15. The van der Waals surface area contributed by atoms with E-state index in [2.05, 4.69) is 5.32 Å². The van der Waals surface area contributed by atoms with Crippen molar-refractivity contribution < 1.29 is 14.9 Å². The minimum absolute atomic E-state index is 0.0259. The van der Waals surface area contributed by atoms with Gasteiger partial charge in [0.05, 0.1) is 0 Å². The molecule has 1 aromatic rings. The van der Waals surface area contributed by atoms with E-state index in [0.29, 0.717) is 12.6 Å². The molecule has 16 heavy (non-hydrogen) atoms. The van der Waals surface area contributed by atoms with Crippen LogP contribution in [0.15, 0.2) is 18.2 Å². The van der Waals surface area contributed by atoms with Crippen LogP contribution in [0.25, 0.3) is 0 Å². The average molecular weight is 223 g/mol. The molecule has 1 aromatic carbocycles. The molecule has 4 heteroatoms. The zero-order chi connectivity index (χ0) is 11.4. The maximum atomic E-state index is 9.61. The summed E-state index contributed by atoms with van der Waals surface area (Å²) in [6.45, 7) is 2.16. The first-order valence-corrected chi connectivity index (χ1v) is 5.58. The molecule has 0 saturated carbocycles. The molecular formula is C12H17NO3. The maximum absolute atomic E-state index is 9.61. The van der Waals surface area contributed by atoms with E-state index in [-0.39, 0.29) is 11.5 Å². The Labute approximate surface area is 94.9 Å². The van der Waals surface area contributed by atoms with Gasteiger partial charge in [0, 0.05) is 31.4 Å². The van der Waals surface area contributed by atoms with Crippen molar-refractivity contribution >= 4 is 0 Å². The van der Waals surface area contributed by atoms with E-state index in [4.69, 9.17) is 4.74 Å². The Morgan fingerprint density at radius 2 is 2.00 bits per heavy atom. The number of hydrogen-bond acceptors (Lipinski definition) is 4. The third kappa shape index (κ3) is 2.65. The number of benzene rings is 1. The van der Waals surface area contributed by atoms with E-state index in [1.165, 1.54) is 6.07 Å². The monoisotopic (exact) mass is 223 g/mol. The lowest BCUT2D eigenvalue weighted by Crippen LogP contribution is -2.34.